The Morgan fingerprint density at radius 2 is 1.73 bits per heavy atom. The van der Waals surface area contributed by atoms with Crippen molar-refractivity contribution < 1.29 is 18.1 Å². The molecule has 30 heavy (non-hydrogen) atoms. The predicted molar refractivity (Wildman–Crippen MR) is 115 cm³/mol. The molecule has 0 spiro atoms. The van der Waals surface area contributed by atoms with Crippen molar-refractivity contribution >= 4 is 44.6 Å². The SMILES string of the molecule is CN(c1ccc(C(=O)Nc2cccc([N+](=O)[O-])c2)c(Cl)c1)S(=O)(=O)c1ccccc1. The zero-order valence-corrected chi connectivity index (χ0v) is 17.2. The molecule has 3 aromatic rings. The molecule has 0 atom stereocenters. The fraction of sp³-hybridized carbons (Fsp3) is 0.0500. The second-order valence-corrected chi connectivity index (χ2v) is 8.59. The van der Waals surface area contributed by atoms with E-state index in [9.17, 15) is 23.3 Å². The highest BCUT2D eigenvalue weighted by atomic mass is 35.5. The van der Waals surface area contributed by atoms with Gasteiger partial charge in [0.15, 0.2) is 0 Å². The van der Waals surface area contributed by atoms with Crippen LogP contribution in [-0.2, 0) is 10.0 Å². The number of sulfonamides is 1. The van der Waals surface area contributed by atoms with Gasteiger partial charge in [-0.1, -0.05) is 35.9 Å². The molecule has 0 aromatic heterocycles. The lowest BCUT2D eigenvalue weighted by Gasteiger charge is -2.20. The average Bonchev–Trinajstić information content (AvgIpc) is 2.73. The van der Waals surface area contributed by atoms with E-state index in [0.29, 0.717) is 0 Å². The quantitative estimate of drug-likeness (QED) is 0.448. The molecule has 1 amide bonds. The summed E-state index contributed by atoms with van der Waals surface area (Å²) in [4.78, 5) is 22.9. The van der Waals surface area contributed by atoms with Crippen LogP contribution in [0, 0.1) is 10.1 Å². The molecule has 0 radical (unpaired) electrons. The Hall–Kier alpha value is -3.43. The summed E-state index contributed by atoms with van der Waals surface area (Å²) in [5.41, 5.74) is 0.438. The molecule has 0 unspecified atom stereocenters. The minimum Gasteiger partial charge on any atom is -0.322 e. The van der Waals surface area contributed by atoms with Gasteiger partial charge in [0.25, 0.3) is 21.6 Å². The molecule has 0 bridgehead atoms. The van der Waals surface area contributed by atoms with Crippen LogP contribution in [0.4, 0.5) is 17.1 Å². The maximum Gasteiger partial charge on any atom is 0.271 e. The van der Waals surface area contributed by atoms with Gasteiger partial charge in [-0.15, -0.1) is 0 Å². The Labute approximate surface area is 177 Å². The number of nitro groups is 1. The standard InChI is InChI=1S/C20H16ClN3O5S/c1-23(30(28,29)17-8-3-2-4-9-17)15-10-11-18(19(21)13-15)20(25)22-14-6-5-7-16(12-14)24(26)27/h2-13H,1H3,(H,22,25). The number of nitro benzene ring substituents is 1. The van der Waals surface area contributed by atoms with E-state index in [1.54, 1.807) is 18.2 Å². The Balaban J connectivity index is 1.84. The van der Waals surface area contributed by atoms with Crippen molar-refractivity contribution in [2.75, 3.05) is 16.7 Å². The lowest BCUT2D eigenvalue weighted by Crippen LogP contribution is -2.26. The zero-order valence-electron chi connectivity index (χ0n) is 15.7. The average molecular weight is 446 g/mol. The third-order valence-corrected chi connectivity index (χ3v) is 6.39. The molecule has 8 nitrogen and oxygen atoms in total. The van der Waals surface area contributed by atoms with E-state index in [4.69, 9.17) is 11.6 Å². The summed E-state index contributed by atoms with van der Waals surface area (Å²) < 4.78 is 26.5. The Morgan fingerprint density at radius 1 is 1.03 bits per heavy atom. The number of non-ortho nitro benzene ring substituents is 1. The smallest absolute Gasteiger partial charge is 0.271 e. The van der Waals surface area contributed by atoms with Crippen LogP contribution in [0.5, 0.6) is 0 Å². The summed E-state index contributed by atoms with van der Waals surface area (Å²) in [5.74, 6) is -0.583. The number of nitrogens with one attached hydrogen (secondary N) is 1. The number of hydrogen-bond acceptors (Lipinski definition) is 5. The molecule has 1 N–H and O–H groups in total. The van der Waals surface area contributed by atoms with E-state index in [1.165, 1.54) is 61.6 Å². The fourth-order valence-electron chi connectivity index (χ4n) is 2.67. The predicted octanol–water partition coefficient (Wildman–Crippen LogP) is 4.33. The molecular formula is C20H16ClN3O5S. The van der Waals surface area contributed by atoms with Gasteiger partial charge in [-0.2, -0.15) is 0 Å². The zero-order chi connectivity index (χ0) is 21.9. The fourth-order valence-corrected chi connectivity index (χ4v) is 4.14. The molecule has 0 saturated heterocycles. The number of amides is 1. The summed E-state index contributed by atoms with van der Waals surface area (Å²) in [5, 5.41) is 13.4. The van der Waals surface area contributed by atoms with Crippen molar-refractivity contribution in [3.8, 4) is 0 Å². The summed E-state index contributed by atoms with van der Waals surface area (Å²) >= 11 is 6.22. The number of nitrogens with zero attached hydrogens (tertiary/aromatic N) is 2. The molecule has 3 aromatic carbocycles. The highest BCUT2D eigenvalue weighted by Gasteiger charge is 2.22. The molecule has 0 aliphatic heterocycles. The third-order valence-electron chi connectivity index (χ3n) is 4.28. The maximum atomic E-state index is 12.7. The number of halogens is 1. The number of carbonyl (C=O) groups is 1. The van der Waals surface area contributed by atoms with Crippen molar-refractivity contribution in [2.45, 2.75) is 4.90 Å². The number of anilines is 2. The van der Waals surface area contributed by atoms with E-state index in [0.717, 1.165) is 4.31 Å². The van der Waals surface area contributed by atoms with E-state index < -0.39 is 20.9 Å². The van der Waals surface area contributed by atoms with Crippen LogP contribution in [-0.4, -0.2) is 26.3 Å². The van der Waals surface area contributed by atoms with Gasteiger partial charge in [0, 0.05) is 24.9 Å². The number of rotatable bonds is 6. The first-order valence-electron chi connectivity index (χ1n) is 8.59. The van der Waals surface area contributed by atoms with Crippen LogP contribution in [0.25, 0.3) is 0 Å². The first kappa shape index (κ1) is 21.3. The van der Waals surface area contributed by atoms with Crippen LogP contribution < -0.4 is 9.62 Å². The van der Waals surface area contributed by atoms with Gasteiger partial charge in [-0.25, -0.2) is 8.42 Å². The van der Waals surface area contributed by atoms with Crippen LogP contribution in [0.1, 0.15) is 10.4 Å². The van der Waals surface area contributed by atoms with Gasteiger partial charge in [0.1, 0.15) is 0 Å². The largest absolute Gasteiger partial charge is 0.322 e. The Kier molecular flexibility index (Phi) is 6.04. The third kappa shape index (κ3) is 4.42. The lowest BCUT2D eigenvalue weighted by molar-refractivity contribution is -0.384. The summed E-state index contributed by atoms with van der Waals surface area (Å²) in [6.07, 6.45) is 0. The second kappa shape index (κ2) is 8.52. The molecule has 0 heterocycles. The summed E-state index contributed by atoms with van der Waals surface area (Å²) in [6.45, 7) is 0. The van der Waals surface area contributed by atoms with Gasteiger partial charge < -0.3 is 5.32 Å². The molecule has 0 fully saturated rings. The van der Waals surface area contributed by atoms with Gasteiger partial charge >= 0.3 is 0 Å². The molecule has 10 heteroatoms. The first-order valence-corrected chi connectivity index (χ1v) is 10.4. The lowest BCUT2D eigenvalue weighted by atomic mass is 10.2. The highest BCUT2D eigenvalue weighted by molar-refractivity contribution is 7.92. The van der Waals surface area contributed by atoms with Crippen LogP contribution >= 0.6 is 11.6 Å². The molecular weight excluding hydrogens is 430 g/mol. The number of carbonyl (C=O) groups excluding carboxylic acids is 1. The normalized spacial score (nSPS) is 11.0. The topological polar surface area (TPSA) is 110 Å². The van der Waals surface area contributed by atoms with E-state index in [-0.39, 0.29) is 32.5 Å². The summed E-state index contributed by atoms with van der Waals surface area (Å²) in [6, 6.07) is 17.6. The minimum atomic E-state index is -3.79. The highest BCUT2D eigenvalue weighted by Crippen LogP contribution is 2.28. The van der Waals surface area contributed by atoms with Gasteiger partial charge in [0.2, 0.25) is 0 Å². The second-order valence-electron chi connectivity index (χ2n) is 6.21. The molecule has 0 aliphatic carbocycles. The number of benzene rings is 3. The Bertz CT molecular complexity index is 1220. The van der Waals surface area contributed by atoms with Crippen molar-refractivity contribution in [1.29, 1.82) is 0 Å². The van der Waals surface area contributed by atoms with Crippen LogP contribution in [0.15, 0.2) is 77.7 Å². The summed E-state index contributed by atoms with van der Waals surface area (Å²) in [7, 11) is -2.41. The molecule has 154 valence electrons. The maximum absolute atomic E-state index is 12.7. The number of hydrogen-bond donors (Lipinski definition) is 1. The van der Waals surface area contributed by atoms with Crippen molar-refractivity contribution in [3.05, 3.63) is 93.5 Å². The minimum absolute atomic E-state index is 0.0329. The van der Waals surface area contributed by atoms with Gasteiger partial charge in [-0.3, -0.25) is 19.2 Å². The monoisotopic (exact) mass is 445 g/mol. The Morgan fingerprint density at radius 3 is 2.37 bits per heavy atom. The van der Waals surface area contributed by atoms with Gasteiger partial charge in [0.05, 0.1) is 26.1 Å². The van der Waals surface area contributed by atoms with Crippen LogP contribution in [0.3, 0.4) is 0 Å². The molecule has 3 rings (SSSR count). The van der Waals surface area contributed by atoms with Crippen LogP contribution in [0.2, 0.25) is 5.02 Å². The first-order chi connectivity index (χ1) is 14.2. The molecule has 0 aliphatic rings. The van der Waals surface area contributed by atoms with Crippen molar-refractivity contribution in [2.24, 2.45) is 0 Å². The van der Waals surface area contributed by atoms with Crippen molar-refractivity contribution in [3.63, 3.8) is 0 Å². The van der Waals surface area contributed by atoms with E-state index >= 15 is 0 Å². The van der Waals surface area contributed by atoms with Gasteiger partial charge in [-0.05, 0) is 36.4 Å². The van der Waals surface area contributed by atoms with E-state index in [1.807, 2.05) is 0 Å². The molecule has 0 saturated carbocycles. The van der Waals surface area contributed by atoms with Crippen molar-refractivity contribution in [1.82, 2.24) is 0 Å². The van der Waals surface area contributed by atoms with E-state index in [2.05, 4.69) is 5.32 Å².